The largest absolute Gasteiger partial charge is 0.481 e. The number of halogens is 2. The zero-order valence-corrected chi connectivity index (χ0v) is 16.3. The van der Waals surface area contributed by atoms with Gasteiger partial charge >= 0.3 is 5.97 Å². The minimum Gasteiger partial charge on any atom is -0.481 e. The summed E-state index contributed by atoms with van der Waals surface area (Å²) in [7, 11) is 0. The number of benzene rings is 2. The first-order valence-electron chi connectivity index (χ1n) is 8.45. The van der Waals surface area contributed by atoms with Gasteiger partial charge in [0.2, 0.25) is 0 Å². The molecule has 5 nitrogen and oxygen atoms in total. The molecule has 28 heavy (non-hydrogen) atoms. The van der Waals surface area contributed by atoms with Crippen molar-refractivity contribution in [1.29, 1.82) is 0 Å². The average molecular weight is 443 g/mol. The number of aryl methyl sites for hydroxylation is 1. The molecule has 0 amide bonds. The van der Waals surface area contributed by atoms with Gasteiger partial charge in [-0.1, -0.05) is 28.1 Å². The molecule has 0 aliphatic carbocycles. The van der Waals surface area contributed by atoms with Crippen molar-refractivity contribution >= 4 is 33.8 Å². The normalized spacial score (nSPS) is 11.1. The highest BCUT2D eigenvalue weighted by molar-refractivity contribution is 9.10. The zero-order valence-electron chi connectivity index (χ0n) is 14.7. The molecule has 0 radical (unpaired) electrons. The van der Waals surface area contributed by atoms with Crippen LogP contribution in [0.4, 0.5) is 4.39 Å². The summed E-state index contributed by atoms with van der Waals surface area (Å²) in [6.45, 7) is 0.218. The first kappa shape index (κ1) is 19.7. The average Bonchev–Trinajstić information content (AvgIpc) is 3.08. The molecule has 0 atom stereocenters. The van der Waals surface area contributed by atoms with Gasteiger partial charge in [-0.05, 0) is 48.6 Å². The summed E-state index contributed by atoms with van der Waals surface area (Å²) in [5.41, 5.74) is 2.52. The summed E-state index contributed by atoms with van der Waals surface area (Å²) in [5, 5.41) is 13.4. The quantitative estimate of drug-likeness (QED) is 0.420. The van der Waals surface area contributed by atoms with E-state index in [0.29, 0.717) is 16.8 Å². The van der Waals surface area contributed by atoms with Crippen molar-refractivity contribution in [3.63, 3.8) is 0 Å². The number of ketones is 1. The topological polar surface area (TPSA) is 72.2 Å². The minimum absolute atomic E-state index is 0.0583. The Morgan fingerprint density at radius 2 is 1.93 bits per heavy atom. The molecule has 0 saturated carbocycles. The maximum absolute atomic E-state index is 13.0. The summed E-state index contributed by atoms with van der Waals surface area (Å²) in [6.07, 6.45) is 4.67. The Hall–Kier alpha value is -3.06. The number of carboxylic acid groups (broad SMARTS) is 1. The first-order valence-corrected chi connectivity index (χ1v) is 9.25. The Morgan fingerprint density at radius 1 is 1.18 bits per heavy atom. The molecule has 0 saturated heterocycles. The monoisotopic (exact) mass is 442 g/mol. The van der Waals surface area contributed by atoms with Crippen molar-refractivity contribution in [3.05, 3.63) is 82.2 Å². The van der Waals surface area contributed by atoms with Gasteiger partial charge in [-0.15, -0.1) is 0 Å². The highest BCUT2D eigenvalue weighted by Gasteiger charge is 2.11. The van der Waals surface area contributed by atoms with Gasteiger partial charge in [0, 0.05) is 27.4 Å². The van der Waals surface area contributed by atoms with E-state index in [1.807, 2.05) is 24.3 Å². The van der Waals surface area contributed by atoms with E-state index in [9.17, 15) is 14.0 Å². The standard InChI is InChI=1S/C21H16BrFN2O3/c22-17-3-1-2-15(12-17)21-16(13-25(24-21)11-10-20(27)28)6-9-19(26)14-4-7-18(23)8-5-14/h1-9,12-13H,10-11H2,(H,27,28)/b9-6+. The third-order valence-corrected chi connectivity index (χ3v) is 4.48. The van der Waals surface area contributed by atoms with Gasteiger partial charge < -0.3 is 5.11 Å². The Bertz CT molecular complexity index is 1040. The fourth-order valence-corrected chi connectivity index (χ4v) is 3.02. The molecular formula is C21H16BrFN2O3. The summed E-state index contributed by atoms with van der Waals surface area (Å²) in [6, 6.07) is 12.8. The van der Waals surface area contributed by atoms with Crippen LogP contribution in [0.3, 0.4) is 0 Å². The molecule has 0 aliphatic heterocycles. The summed E-state index contributed by atoms with van der Waals surface area (Å²) >= 11 is 3.42. The number of aromatic nitrogens is 2. The molecule has 3 aromatic rings. The van der Waals surface area contributed by atoms with Crippen LogP contribution in [-0.4, -0.2) is 26.6 Å². The van der Waals surface area contributed by atoms with Gasteiger partial charge in [0.25, 0.3) is 0 Å². The maximum atomic E-state index is 13.0. The number of carbonyl (C=O) groups is 2. The van der Waals surface area contributed by atoms with E-state index in [1.165, 1.54) is 30.3 Å². The van der Waals surface area contributed by atoms with Crippen LogP contribution in [0.1, 0.15) is 22.3 Å². The van der Waals surface area contributed by atoms with Crippen molar-refractivity contribution in [1.82, 2.24) is 9.78 Å². The second kappa shape index (κ2) is 8.75. The van der Waals surface area contributed by atoms with Gasteiger partial charge in [0.1, 0.15) is 5.82 Å². The van der Waals surface area contributed by atoms with E-state index in [2.05, 4.69) is 21.0 Å². The Kier molecular flexibility index (Phi) is 6.16. The SMILES string of the molecule is O=C(O)CCn1cc(/C=C/C(=O)c2ccc(F)cc2)c(-c2cccc(Br)c2)n1. The Labute approximate surface area is 169 Å². The predicted molar refractivity (Wildman–Crippen MR) is 107 cm³/mol. The van der Waals surface area contributed by atoms with Gasteiger partial charge in [0.05, 0.1) is 18.7 Å². The van der Waals surface area contributed by atoms with Crippen molar-refractivity contribution < 1.29 is 19.1 Å². The molecule has 0 aliphatic rings. The molecule has 7 heteroatoms. The number of hydrogen-bond donors (Lipinski definition) is 1. The van der Waals surface area contributed by atoms with Crippen LogP contribution in [0.5, 0.6) is 0 Å². The highest BCUT2D eigenvalue weighted by Crippen LogP contribution is 2.26. The summed E-state index contributed by atoms with van der Waals surface area (Å²) in [5.74, 6) is -1.58. The second-order valence-electron chi connectivity index (χ2n) is 6.05. The van der Waals surface area contributed by atoms with Gasteiger partial charge in [0.15, 0.2) is 5.78 Å². The number of carboxylic acids is 1. The fraction of sp³-hybridized carbons (Fsp3) is 0.0952. The van der Waals surface area contributed by atoms with Crippen LogP contribution >= 0.6 is 15.9 Å². The molecule has 0 bridgehead atoms. The van der Waals surface area contributed by atoms with Crippen LogP contribution in [0.25, 0.3) is 17.3 Å². The van der Waals surface area contributed by atoms with Crippen LogP contribution in [0, 0.1) is 5.82 Å². The number of rotatable bonds is 7. The molecule has 3 rings (SSSR count). The van der Waals surface area contributed by atoms with Crippen LogP contribution in [0.15, 0.2) is 65.3 Å². The van der Waals surface area contributed by atoms with Crippen molar-refractivity contribution in [3.8, 4) is 11.3 Å². The third kappa shape index (κ3) is 5.01. The lowest BCUT2D eigenvalue weighted by Crippen LogP contribution is -2.04. The number of nitrogens with zero attached hydrogens (tertiary/aromatic N) is 2. The molecule has 1 aromatic heterocycles. The molecule has 1 N–H and O–H groups in total. The lowest BCUT2D eigenvalue weighted by atomic mass is 10.1. The van der Waals surface area contributed by atoms with Gasteiger partial charge in [-0.2, -0.15) is 5.10 Å². The van der Waals surface area contributed by atoms with Gasteiger partial charge in [-0.25, -0.2) is 4.39 Å². The Morgan fingerprint density at radius 3 is 2.61 bits per heavy atom. The second-order valence-corrected chi connectivity index (χ2v) is 6.97. The molecule has 142 valence electrons. The van der Waals surface area contributed by atoms with Crippen LogP contribution in [-0.2, 0) is 11.3 Å². The minimum atomic E-state index is -0.914. The van der Waals surface area contributed by atoms with Crippen LogP contribution < -0.4 is 0 Å². The maximum Gasteiger partial charge on any atom is 0.305 e. The molecule has 0 spiro atoms. The predicted octanol–water partition coefficient (Wildman–Crippen LogP) is 4.82. The van der Waals surface area contributed by atoms with E-state index >= 15 is 0 Å². The molecule has 1 heterocycles. The van der Waals surface area contributed by atoms with Crippen molar-refractivity contribution in [2.75, 3.05) is 0 Å². The van der Waals surface area contributed by atoms with Crippen molar-refractivity contribution in [2.45, 2.75) is 13.0 Å². The molecule has 0 unspecified atom stereocenters. The lowest BCUT2D eigenvalue weighted by Gasteiger charge is -2.00. The number of aliphatic carboxylic acids is 1. The number of allylic oxidation sites excluding steroid dienone is 1. The van der Waals surface area contributed by atoms with Crippen LogP contribution in [0.2, 0.25) is 0 Å². The van der Waals surface area contributed by atoms with E-state index in [-0.39, 0.29) is 18.7 Å². The fourth-order valence-electron chi connectivity index (χ4n) is 2.62. The molecule has 2 aromatic carbocycles. The first-order chi connectivity index (χ1) is 13.4. The third-order valence-electron chi connectivity index (χ3n) is 3.99. The van der Waals surface area contributed by atoms with E-state index in [0.717, 1.165) is 10.0 Å². The number of hydrogen-bond acceptors (Lipinski definition) is 3. The molecule has 0 fully saturated rings. The molecular weight excluding hydrogens is 427 g/mol. The summed E-state index contributed by atoms with van der Waals surface area (Å²) in [4.78, 5) is 23.2. The zero-order chi connectivity index (χ0) is 20.1. The van der Waals surface area contributed by atoms with E-state index in [4.69, 9.17) is 5.11 Å². The van der Waals surface area contributed by atoms with E-state index < -0.39 is 11.8 Å². The smallest absolute Gasteiger partial charge is 0.305 e. The lowest BCUT2D eigenvalue weighted by molar-refractivity contribution is -0.137. The highest BCUT2D eigenvalue weighted by atomic mass is 79.9. The van der Waals surface area contributed by atoms with E-state index in [1.54, 1.807) is 17.0 Å². The van der Waals surface area contributed by atoms with Gasteiger partial charge in [-0.3, -0.25) is 14.3 Å². The number of carbonyl (C=O) groups excluding carboxylic acids is 1. The Balaban J connectivity index is 1.92. The van der Waals surface area contributed by atoms with Crippen molar-refractivity contribution in [2.24, 2.45) is 0 Å². The summed E-state index contributed by atoms with van der Waals surface area (Å²) < 4.78 is 15.4.